The van der Waals surface area contributed by atoms with Crippen molar-refractivity contribution >= 4 is 30.7 Å². The van der Waals surface area contributed by atoms with Crippen molar-refractivity contribution in [3.8, 4) is 0 Å². The van der Waals surface area contributed by atoms with E-state index < -0.39 is 0 Å². The second-order valence-electron chi connectivity index (χ2n) is 4.59. The number of piperidine rings is 1. The van der Waals surface area contributed by atoms with E-state index in [-0.39, 0.29) is 36.8 Å². The molecule has 1 saturated heterocycles. The van der Waals surface area contributed by atoms with Gasteiger partial charge in [-0.3, -0.25) is 4.79 Å². The maximum atomic E-state index is 11.8. The minimum absolute atomic E-state index is 0. The van der Waals surface area contributed by atoms with Gasteiger partial charge in [0.1, 0.15) is 0 Å². The first kappa shape index (κ1) is 21.2. The van der Waals surface area contributed by atoms with Crippen LogP contribution >= 0.6 is 24.8 Å². The fourth-order valence-electron chi connectivity index (χ4n) is 1.93. The number of nitrogens with zero attached hydrogens (tertiary/aromatic N) is 1. The summed E-state index contributed by atoms with van der Waals surface area (Å²) in [6.45, 7) is 4.16. The highest BCUT2D eigenvalue weighted by atomic mass is 35.5. The Balaban J connectivity index is 0. The highest BCUT2D eigenvalue weighted by Gasteiger charge is 2.19. The van der Waals surface area contributed by atoms with Crippen LogP contribution in [0.3, 0.4) is 0 Å². The number of halogens is 2. The zero-order chi connectivity index (χ0) is 12.5. The summed E-state index contributed by atoms with van der Waals surface area (Å²) in [6.07, 6.45) is 3.30. The van der Waals surface area contributed by atoms with E-state index in [1.165, 1.54) is 6.42 Å². The minimum atomic E-state index is 0. The van der Waals surface area contributed by atoms with Crippen LogP contribution in [0.2, 0.25) is 0 Å². The molecule has 0 radical (unpaired) electrons. The van der Waals surface area contributed by atoms with Gasteiger partial charge in [0.25, 0.3) is 0 Å². The maximum absolute atomic E-state index is 11.8. The van der Waals surface area contributed by atoms with E-state index >= 15 is 0 Å². The van der Waals surface area contributed by atoms with Crippen LogP contribution in [-0.4, -0.2) is 63.8 Å². The summed E-state index contributed by atoms with van der Waals surface area (Å²) in [7, 11) is 3.73. The first-order valence-corrected chi connectivity index (χ1v) is 6.42. The van der Waals surface area contributed by atoms with E-state index in [0.717, 1.165) is 39.1 Å². The Bertz CT molecular complexity index is 227. The predicted molar refractivity (Wildman–Crippen MR) is 82.5 cm³/mol. The first-order valence-electron chi connectivity index (χ1n) is 6.42. The molecule has 0 aromatic carbocycles. The second kappa shape index (κ2) is 12.9. The lowest BCUT2D eigenvalue weighted by atomic mass is 10.0. The van der Waals surface area contributed by atoms with Gasteiger partial charge in [-0.25, -0.2) is 0 Å². The van der Waals surface area contributed by atoms with Crippen LogP contribution in [-0.2, 0) is 9.53 Å². The number of carbonyl (C=O) groups excluding carboxylic acids is 1. The van der Waals surface area contributed by atoms with Gasteiger partial charge in [0.05, 0.1) is 12.6 Å². The van der Waals surface area contributed by atoms with Crippen LogP contribution in [0.5, 0.6) is 0 Å². The SMILES string of the molecule is COCCN(C)CCNC(=O)[C@H]1CCCCN1.Cl.Cl. The number of rotatable bonds is 7. The topological polar surface area (TPSA) is 53.6 Å². The normalized spacial score (nSPS) is 18.4. The molecular weight excluding hydrogens is 289 g/mol. The Morgan fingerprint density at radius 1 is 1.37 bits per heavy atom. The number of likely N-dealkylation sites (N-methyl/N-ethyl adjacent to an activating group) is 1. The molecule has 1 fully saturated rings. The third kappa shape index (κ3) is 9.46. The number of amides is 1. The van der Waals surface area contributed by atoms with Crippen molar-refractivity contribution in [2.75, 3.05) is 46.9 Å². The number of carbonyl (C=O) groups is 1. The van der Waals surface area contributed by atoms with Gasteiger partial charge in [-0.15, -0.1) is 24.8 Å². The molecule has 1 amide bonds. The number of hydrogen-bond donors (Lipinski definition) is 2. The van der Waals surface area contributed by atoms with Crippen LogP contribution in [0.1, 0.15) is 19.3 Å². The molecule has 1 heterocycles. The van der Waals surface area contributed by atoms with Crippen LogP contribution in [0.15, 0.2) is 0 Å². The Morgan fingerprint density at radius 3 is 2.68 bits per heavy atom. The van der Waals surface area contributed by atoms with Gasteiger partial charge in [-0.1, -0.05) is 6.42 Å². The number of hydrogen-bond acceptors (Lipinski definition) is 4. The number of ether oxygens (including phenoxy) is 1. The lowest BCUT2D eigenvalue weighted by molar-refractivity contribution is -0.123. The minimum Gasteiger partial charge on any atom is -0.383 e. The van der Waals surface area contributed by atoms with Crippen LogP contribution in [0.25, 0.3) is 0 Å². The molecule has 0 spiro atoms. The lowest BCUT2D eigenvalue weighted by Crippen LogP contribution is -2.48. The summed E-state index contributed by atoms with van der Waals surface area (Å²) in [5.74, 6) is 0.143. The summed E-state index contributed by atoms with van der Waals surface area (Å²) in [5, 5.41) is 6.22. The Kier molecular flexibility index (Phi) is 14.5. The molecule has 0 aromatic rings. The maximum Gasteiger partial charge on any atom is 0.237 e. The van der Waals surface area contributed by atoms with Gasteiger partial charge >= 0.3 is 0 Å². The van der Waals surface area contributed by atoms with E-state index in [0.29, 0.717) is 6.54 Å². The molecular formula is C12H27Cl2N3O2. The van der Waals surface area contributed by atoms with E-state index in [4.69, 9.17) is 4.74 Å². The first-order chi connectivity index (χ1) is 8.24. The molecule has 1 aliphatic heterocycles. The van der Waals surface area contributed by atoms with E-state index in [9.17, 15) is 4.79 Å². The van der Waals surface area contributed by atoms with Crippen molar-refractivity contribution in [2.24, 2.45) is 0 Å². The Morgan fingerprint density at radius 2 is 2.11 bits per heavy atom. The molecule has 2 N–H and O–H groups in total. The largest absolute Gasteiger partial charge is 0.383 e. The molecule has 7 heteroatoms. The standard InChI is InChI=1S/C12H25N3O2.2ClH/c1-15(9-10-17-2)8-7-14-12(16)11-5-3-4-6-13-11;;/h11,13H,3-10H2,1-2H3,(H,14,16);2*1H/t11-;;/m1../s1. The van der Waals surface area contributed by atoms with Crippen molar-refractivity contribution in [1.29, 1.82) is 0 Å². The molecule has 19 heavy (non-hydrogen) atoms. The molecule has 0 aromatic heterocycles. The molecule has 5 nitrogen and oxygen atoms in total. The predicted octanol–water partition coefficient (Wildman–Crippen LogP) is 0.666. The van der Waals surface area contributed by atoms with Gasteiger partial charge < -0.3 is 20.3 Å². The second-order valence-corrected chi connectivity index (χ2v) is 4.59. The molecule has 0 aliphatic carbocycles. The van der Waals surface area contributed by atoms with Gasteiger partial charge in [0, 0.05) is 26.7 Å². The molecule has 0 unspecified atom stereocenters. The summed E-state index contributed by atoms with van der Waals surface area (Å²) in [6, 6.07) is 0.0213. The van der Waals surface area contributed by atoms with Crippen molar-refractivity contribution in [3.63, 3.8) is 0 Å². The molecule has 116 valence electrons. The van der Waals surface area contributed by atoms with Crippen molar-refractivity contribution in [3.05, 3.63) is 0 Å². The fraction of sp³-hybridized carbons (Fsp3) is 0.917. The summed E-state index contributed by atoms with van der Waals surface area (Å²) in [5.41, 5.74) is 0. The lowest BCUT2D eigenvalue weighted by Gasteiger charge is -2.23. The third-order valence-electron chi connectivity index (χ3n) is 3.10. The van der Waals surface area contributed by atoms with Crippen LogP contribution in [0, 0.1) is 0 Å². The van der Waals surface area contributed by atoms with E-state index in [2.05, 4.69) is 15.5 Å². The van der Waals surface area contributed by atoms with Gasteiger partial charge in [-0.2, -0.15) is 0 Å². The number of nitrogens with one attached hydrogen (secondary N) is 2. The Labute approximate surface area is 128 Å². The van der Waals surface area contributed by atoms with Gasteiger partial charge in [0.15, 0.2) is 0 Å². The Hall–Kier alpha value is -0.0700. The smallest absolute Gasteiger partial charge is 0.237 e. The van der Waals surface area contributed by atoms with Crippen molar-refractivity contribution in [2.45, 2.75) is 25.3 Å². The summed E-state index contributed by atoms with van der Waals surface area (Å²) in [4.78, 5) is 13.9. The quantitative estimate of drug-likeness (QED) is 0.725. The molecule has 1 atom stereocenters. The van der Waals surface area contributed by atoms with Crippen molar-refractivity contribution < 1.29 is 9.53 Å². The fourth-order valence-corrected chi connectivity index (χ4v) is 1.93. The highest BCUT2D eigenvalue weighted by molar-refractivity contribution is 5.85. The highest BCUT2D eigenvalue weighted by Crippen LogP contribution is 2.06. The van der Waals surface area contributed by atoms with E-state index in [1.807, 2.05) is 7.05 Å². The zero-order valence-corrected chi connectivity index (χ0v) is 13.4. The molecule has 0 bridgehead atoms. The molecule has 1 rings (SSSR count). The summed E-state index contributed by atoms with van der Waals surface area (Å²) >= 11 is 0. The van der Waals surface area contributed by atoms with Crippen molar-refractivity contribution in [1.82, 2.24) is 15.5 Å². The van der Waals surface area contributed by atoms with Crippen LogP contribution in [0.4, 0.5) is 0 Å². The molecule has 0 saturated carbocycles. The average Bonchev–Trinajstić information content (AvgIpc) is 2.37. The summed E-state index contributed by atoms with van der Waals surface area (Å²) < 4.78 is 5.00. The van der Waals surface area contributed by atoms with Crippen LogP contribution < -0.4 is 10.6 Å². The zero-order valence-electron chi connectivity index (χ0n) is 11.8. The third-order valence-corrected chi connectivity index (χ3v) is 3.10. The monoisotopic (exact) mass is 315 g/mol. The number of methoxy groups -OCH3 is 1. The molecule has 1 aliphatic rings. The average molecular weight is 316 g/mol. The van der Waals surface area contributed by atoms with E-state index in [1.54, 1.807) is 7.11 Å². The van der Waals surface area contributed by atoms with Gasteiger partial charge in [-0.05, 0) is 26.4 Å². The van der Waals surface area contributed by atoms with Gasteiger partial charge in [0.2, 0.25) is 5.91 Å².